The SMILES string of the molecule is CNC(=O)C(C(=O)NO)N(C)C(=O)c1ccc(-c2ccc(C(C)O)cc2)cc1. The molecule has 8 nitrogen and oxygen atoms in total. The summed E-state index contributed by atoms with van der Waals surface area (Å²) < 4.78 is 0. The maximum absolute atomic E-state index is 12.7. The number of benzene rings is 2. The van der Waals surface area contributed by atoms with Crippen LogP contribution in [0.25, 0.3) is 11.1 Å². The maximum atomic E-state index is 12.7. The summed E-state index contributed by atoms with van der Waals surface area (Å²) in [5.41, 5.74) is 4.27. The second-order valence-electron chi connectivity index (χ2n) is 6.28. The van der Waals surface area contributed by atoms with E-state index in [1.807, 2.05) is 24.3 Å². The Kier molecular flexibility index (Phi) is 6.86. The van der Waals surface area contributed by atoms with Crippen molar-refractivity contribution in [1.29, 1.82) is 0 Å². The Labute approximate surface area is 162 Å². The van der Waals surface area contributed by atoms with Gasteiger partial charge < -0.3 is 15.3 Å². The van der Waals surface area contributed by atoms with Gasteiger partial charge in [0.2, 0.25) is 0 Å². The Morgan fingerprint density at radius 2 is 1.43 bits per heavy atom. The van der Waals surface area contributed by atoms with E-state index in [2.05, 4.69) is 5.32 Å². The first kappa shape index (κ1) is 21.1. The molecule has 8 heteroatoms. The predicted molar refractivity (Wildman–Crippen MR) is 102 cm³/mol. The van der Waals surface area contributed by atoms with Gasteiger partial charge in [-0.25, -0.2) is 5.48 Å². The van der Waals surface area contributed by atoms with Gasteiger partial charge in [0.05, 0.1) is 6.10 Å². The highest BCUT2D eigenvalue weighted by Crippen LogP contribution is 2.23. The molecule has 4 N–H and O–H groups in total. The molecular formula is C20H23N3O5. The summed E-state index contributed by atoms with van der Waals surface area (Å²) >= 11 is 0. The fourth-order valence-electron chi connectivity index (χ4n) is 2.75. The number of likely N-dealkylation sites (N-methyl/N-ethyl adjacent to an activating group) is 2. The third-order valence-electron chi connectivity index (χ3n) is 4.42. The molecule has 0 aliphatic heterocycles. The van der Waals surface area contributed by atoms with Crippen LogP contribution in [0.3, 0.4) is 0 Å². The first-order valence-electron chi connectivity index (χ1n) is 8.61. The maximum Gasteiger partial charge on any atom is 0.275 e. The summed E-state index contributed by atoms with van der Waals surface area (Å²) in [6, 6.07) is 12.6. The van der Waals surface area contributed by atoms with Crippen LogP contribution in [-0.2, 0) is 9.59 Å². The molecule has 28 heavy (non-hydrogen) atoms. The molecule has 0 aliphatic carbocycles. The molecule has 2 unspecified atom stereocenters. The Balaban J connectivity index is 2.22. The lowest BCUT2D eigenvalue weighted by molar-refractivity contribution is -0.140. The lowest BCUT2D eigenvalue weighted by atomic mass is 10.0. The number of nitrogens with zero attached hydrogens (tertiary/aromatic N) is 1. The number of hydroxylamine groups is 1. The molecule has 0 aromatic heterocycles. The van der Waals surface area contributed by atoms with Gasteiger partial charge in [-0.3, -0.25) is 19.6 Å². The van der Waals surface area contributed by atoms with Crippen molar-refractivity contribution in [3.63, 3.8) is 0 Å². The van der Waals surface area contributed by atoms with Crippen LogP contribution in [-0.4, -0.2) is 53.1 Å². The van der Waals surface area contributed by atoms with Gasteiger partial charge in [0, 0.05) is 19.7 Å². The van der Waals surface area contributed by atoms with Crippen molar-refractivity contribution in [1.82, 2.24) is 15.7 Å². The molecule has 0 bridgehead atoms. The van der Waals surface area contributed by atoms with Gasteiger partial charge in [0.25, 0.3) is 17.7 Å². The van der Waals surface area contributed by atoms with E-state index in [1.54, 1.807) is 31.2 Å². The van der Waals surface area contributed by atoms with Crippen molar-refractivity contribution < 1.29 is 24.7 Å². The van der Waals surface area contributed by atoms with E-state index in [1.165, 1.54) is 19.6 Å². The average molecular weight is 385 g/mol. The van der Waals surface area contributed by atoms with E-state index < -0.39 is 29.9 Å². The molecule has 0 heterocycles. The van der Waals surface area contributed by atoms with Gasteiger partial charge in [0.15, 0.2) is 6.04 Å². The number of hydrogen-bond acceptors (Lipinski definition) is 5. The largest absolute Gasteiger partial charge is 0.389 e. The van der Waals surface area contributed by atoms with Crippen molar-refractivity contribution in [2.45, 2.75) is 19.1 Å². The number of rotatable bonds is 6. The van der Waals surface area contributed by atoms with Gasteiger partial charge in [-0.1, -0.05) is 36.4 Å². The van der Waals surface area contributed by atoms with E-state index >= 15 is 0 Å². The summed E-state index contributed by atoms with van der Waals surface area (Å²) in [4.78, 5) is 37.3. The summed E-state index contributed by atoms with van der Waals surface area (Å²) in [5.74, 6) is -2.28. The molecule has 2 atom stereocenters. The van der Waals surface area contributed by atoms with E-state index in [-0.39, 0.29) is 5.56 Å². The first-order chi connectivity index (χ1) is 13.3. The van der Waals surface area contributed by atoms with Crippen molar-refractivity contribution in [2.75, 3.05) is 14.1 Å². The molecule has 0 spiro atoms. The molecule has 2 aromatic rings. The molecule has 2 rings (SSSR count). The third kappa shape index (κ3) is 4.54. The zero-order valence-corrected chi connectivity index (χ0v) is 15.8. The van der Waals surface area contributed by atoms with Gasteiger partial charge in [-0.05, 0) is 35.7 Å². The van der Waals surface area contributed by atoms with Gasteiger partial charge in [0.1, 0.15) is 0 Å². The molecule has 3 amide bonds. The standard InChI is InChI=1S/C20H23N3O5/c1-12(24)13-4-6-14(7-5-13)15-8-10-16(11-9-15)20(27)23(3)17(18(25)21-2)19(26)22-28/h4-12,17,24,28H,1-3H3,(H,21,25)(H,22,26). The summed E-state index contributed by atoms with van der Waals surface area (Å²) in [6.07, 6.45) is -0.547. The molecule has 0 aliphatic rings. The van der Waals surface area contributed by atoms with E-state index in [9.17, 15) is 19.5 Å². The van der Waals surface area contributed by atoms with Gasteiger partial charge in [-0.2, -0.15) is 0 Å². The minimum atomic E-state index is -1.50. The third-order valence-corrected chi connectivity index (χ3v) is 4.42. The van der Waals surface area contributed by atoms with Gasteiger partial charge >= 0.3 is 0 Å². The monoisotopic (exact) mass is 385 g/mol. The second-order valence-corrected chi connectivity index (χ2v) is 6.28. The van der Waals surface area contributed by atoms with Crippen molar-refractivity contribution in [3.8, 4) is 11.1 Å². The van der Waals surface area contributed by atoms with Crippen LogP contribution in [0.4, 0.5) is 0 Å². The number of aliphatic hydroxyl groups is 1. The molecule has 0 saturated carbocycles. The fourth-order valence-corrected chi connectivity index (χ4v) is 2.75. The highest BCUT2D eigenvalue weighted by molar-refractivity contribution is 6.08. The predicted octanol–water partition coefficient (Wildman–Crippen LogP) is 1.10. The number of carbonyl (C=O) groups is 3. The van der Waals surface area contributed by atoms with E-state index in [0.717, 1.165) is 21.6 Å². The van der Waals surface area contributed by atoms with E-state index in [4.69, 9.17) is 5.21 Å². The molecule has 148 valence electrons. The quantitative estimate of drug-likeness (QED) is 0.337. The second kappa shape index (κ2) is 9.12. The van der Waals surface area contributed by atoms with E-state index in [0.29, 0.717) is 0 Å². The topological polar surface area (TPSA) is 119 Å². The minimum absolute atomic E-state index is 0.284. The van der Waals surface area contributed by atoms with Crippen LogP contribution >= 0.6 is 0 Å². The summed E-state index contributed by atoms with van der Waals surface area (Å²) in [7, 11) is 2.64. The summed E-state index contributed by atoms with van der Waals surface area (Å²) in [5, 5.41) is 20.7. The molecule has 0 fully saturated rings. The molecule has 2 aromatic carbocycles. The minimum Gasteiger partial charge on any atom is -0.389 e. The Hall–Kier alpha value is -3.23. The lowest BCUT2D eigenvalue weighted by Crippen LogP contribution is -2.54. The van der Waals surface area contributed by atoms with Crippen LogP contribution in [0.15, 0.2) is 48.5 Å². The Bertz CT molecular complexity index is 831. The van der Waals surface area contributed by atoms with Crippen molar-refractivity contribution in [2.24, 2.45) is 0 Å². The fraction of sp³-hybridized carbons (Fsp3) is 0.250. The smallest absolute Gasteiger partial charge is 0.275 e. The Morgan fingerprint density at radius 3 is 1.86 bits per heavy atom. The summed E-state index contributed by atoms with van der Waals surface area (Å²) in [6.45, 7) is 1.69. The number of amides is 3. The Morgan fingerprint density at radius 1 is 0.929 bits per heavy atom. The van der Waals surface area contributed by atoms with Crippen LogP contribution in [0.1, 0.15) is 28.9 Å². The number of carbonyl (C=O) groups excluding carboxylic acids is 3. The lowest BCUT2D eigenvalue weighted by Gasteiger charge is -2.25. The average Bonchev–Trinajstić information content (AvgIpc) is 2.73. The zero-order valence-electron chi connectivity index (χ0n) is 15.8. The first-order valence-corrected chi connectivity index (χ1v) is 8.61. The van der Waals surface area contributed by atoms with Crippen LogP contribution in [0, 0.1) is 0 Å². The zero-order chi connectivity index (χ0) is 20.8. The van der Waals surface area contributed by atoms with Crippen molar-refractivity contribution in [3.05, 3.63) is 59.7 Å². The molecule has 0 saturated heterocycles. The number of hydrogen-bond donors (Lipinski definition) is 4. The number of aliphatic hydroxyl groups excluding tert-OH is 1. The normalized spacial score (nSPS) is 12.6. The molecular weight excluding hydrogens is 362 g/mol. The van der Waals surface area contributed by atoms with Crippen LogP contribution in [0.2, 0.25) is 0 Å². The van der Waals surface area contributed by atoms with Gasteiger partial charge in [-0.15, -0.1) is 0 Å². The highest BCUT2D eigenvalue weighted by Gasteiger charge is 2.33. The molecule has 0 radical (unpaired) electrons. The van der Waals surface area contributed by atoms with Crippen molar-refractivity contribution >= 4 is 17.7 Å². The highest BCUT2D eigenvalue weighted by atomic mass is 16.5. The van der Waals surface area contributed by atoms with Crippen LogP contribution in [0.5, 0.6) is 0 Å². The van der Waals surface area contributed by atoms with Crippen LogP contribution < -0.4 is 10.8 Å². The number of nitrogens with one attached hydrogen (secondary N) is 2.